The summed E-state index contributed by atoms with van der Waals surface area (Å²) in [5.41, 5.74) is 3.70. The van der Waals surface area contributed by atoms with Crippen LogP contribution in [0.4, 0.5) is 22.7 Å². The number of nitrogens with one attached hydrogen (secondary N) is 2. The van der Waals surface area contributed by atoms with Crippen LogP contribution in [-0.2, 0) is 0 Å². The first-order chi connectivity index (χ1) is 15.5. The number of benzene rings is 4. The molecule has 0 radical (unpaired) electrons. The number of carbonyl (C=O) groups is 2. The van der Waals surface area contributed by atoms with E-state index in [0.717, 1.165) is 0 Å². The minimum Gasteiger partial charge on any atom is -0.508 e. The second-order valence-corrected chi connectivity index (χ2v) is 7.46. The lowest BCUT2D eigenvalue weighted by molar-refractivity contribution is 0.0980. The van der Waals surface area contributed by atoms with Crippen LogP contribution in [0.15, 0.2) is 84.9 Å². The van der Waals surface area contributed by atoms with E-state index in [1.54, 1.807) is 84.9 Å². The lowest BCUT2D eigenvalue weighted by atomic mass is 9.82. The average Bonchev–Trinajstić information content (AvgIpc) is 2.80. The van der Waals surface area contributed by atoms with Gasteiger partial charge in [-0.1, -0.05) is 24.3 Å². The van der Waals surface area contributed by atoms with Crippen LogP contribution in [0.25, 0.3) is 0 Å². The summed E-state index contributed by atoms with van der Waals surface area (Å²) in [7, 11) is 0. The van der Waals surface area contributed by atoms with Crippen molar-refractivity contribution in [3.63, 3.8) is 0 Å². The van der Waals surface area contributed by atoms with Crippen molar-refractivity contribution in [3.05, 3.63) is 107 Å². The fourth-order valence-corrected chi connectivity index (χ4v) is 3.85. The number of ketones is 2. The van der Waals surface area contributed by atoms with Crippen molar-refractivity contribution in [3.8, 4) is 11.5 Å². The molecule has 0 heterocycles. The molecule has 6 nitrogen and oxygen atoms in total. The Kier molecular flexibility index (Phi) is 4.60. The van der Waals surface area contributed by atoms with E-state index < -0.39 is 0 Å². The molecule has 1 aliphatic carbocycles. The summed E-state index contributed by atoms with van der Waals surface area (Å²) < 4.78 is 0. The van der Waals surface area contributed by atoms with E-state index in [1.807, 2.05) is 0 Å². The van der Waals surface area contributed by atoms with Gasteiger partial charge < -0.3 is 20.8 Å². The molecule has 1 aliphatic rings. The normalized spacial score (nSPS) is 12.1. The van der Waals surface area contributed by atoms with Crippen LogP contribution in [0, 0.1) is 0 Å². The number of carbonyl (C=O) groups excluding carboxylic acids is 2. The molecule has 4 aromatic carbocycles. The van der Waals surface area contributed by atoms with Gasteiger partial charge in [-0.2, -0.15) is 0 Å². The molecule has 0 unspecified atom stereocenters. The van der Waals surface area contributed by atoms with Gasteiger partial charge in [0.15, 0.2) is 11.6 Å². The average molecular weight is 422 g/mol. The molecule has 0 fully saturated rings. The topological polar surface area (TPSA) is 98.7 Å². The fraction of sp³-hybridized carbons (Fsp3) is 0. The van der Waals surface area contributed by atoms with Crippen LogP contribution in [0.1, 0.15) is 31.8 Å². The monoisotopic (exact) mass is 422 g/mol. The van der Waals surface area contributed by atoms with E-state index in [9.17, 15) is 19.8 Å². The third-order valence-corrected chi connectivity index (χ3v) is 5.36. The van der Waals surface area contributed by atoms with Crippen molar-refractivity contribution in [1.82, 2.24) is 0 Å². The number of aromatic hydroxyl groups is 2. The van der Waals surface area contributed by atoms with E-state index in [0.29, 0.717) is 45.0 Å². The van der Waals surface area contributed by atoms with Crippen LogP contribution >= 0.6 is 0 Å². The van der Waals surface area contributed by atoms with Crippen molar-refractivity contribution in [1.29, 1.82) is 0 Å². The number of anilines is 4. The van der Waals surface area contributed by atoms with Crippen molar-refractivity contribution in [2.75, 3.05) is 10.6 Å². The van der Waals surface area contributed by atoms with Gasteiger partial charge in [0.25, 0.3) is 0 Å². The highest BCUT2D eigenvalue weighted by Gasteiger charge is 2.33. The quantitative estimate of drug-likeness (QED) is 0.291. The highest BCUT2D eigenvalue weighted by Crippen LogP contribution is 2.37. The van der Waals surface area contributed by atoms with Crippen molar-refractivity contribution < 1.29 is 19.8 Å². The molecule has 4 N–H and O–H groups in total. The van der Waals surface area contributed by atoms with E-state index in [2.05, 4.69) is 10.6 Å². The van der Waals surface area contributed by atoms with E-state index in [-0.39, 0.29) is 23.1 Å². The van der Waals surface area contributed by atoms with Gasteiger partial charge in [0.05, 0.1) is 22.5 Å². The molecule has 156 valence electrons. The molecule has 0 bridgehead atoms. The predicted molar refractivity (Wildman–Crippen MR) is 123 cm³/mol. The molecule has 0 aromatic heterocycles. The highest BCUT2D eigenvalue weighted by atomic mass is 16.3. The summed E-state index contributed by atoms with van der Waals surface area (Å²) >= 11 is 0. The molecular formula is C26H18N2O4. The van der Waals surface area contributed by atoms with Gasteiger partial charge in [0.1, 0.15) is 11.5 Å². The van der Waals surface area contributed by atoms with Gasteiger partial charge in [-0.25, -0.2) is 0 Å². The van der Waals surface area contributed by atoms with E-state index in [1.165, 1.54) is 0 Å². The van der Waals surface area contributed by atoms with Crippen LogP contribution in [0.5, 0.6) is 11.5 Å². The lowest BCUT2D eigenvalue weighted by Gasteiger charge is -2.23. The maximum absolute atomic E-state index is 13.5. The predicted octanol–water partition coefficient (Wildman–Crippen LogP) is 5.36. The summed E-state index contributed by atoms with van der Waals surface area (Å²) in [5, 5.41) is 25.4. The smallest absolute Gasteiger partial charge is 0.196 e. The largest absolute Gasteiger partial charge is 0.508 e. The second-order valence-electron chi connectivity index (χ2n) is 7.46. The van der Waals surface area contributed by atoms with Crippen LogP contribution < -0.4 is 10.6 Å². The van der Waals surface area contributed by atoms with E-state index >= 15 is 0 Å². The first-order valence-electron chi connectivity index (χ1n) is 9.99. The number of hydrogen-bond donors (Lipinski definition) is 4. The van der Waals surface area contributed by atoms with Gasteiger partial charge in [0, 0.05) is 22.5 Å². The maximum Gasteiger partial charge on any atom is 0.196 e. The zero-order valence-electron chi connectivity index (χ0n) is 16.8. The molecule has 0 spiro atoms. The minimum absolute atomic E-state index is 0.138. The summed E-state index contributed by atoms with van der Waals surface area (Å²) in [6, 6.07) is 23.2. The fourth-order valence-electron chi connectivity index (χ4n) is 3.85. The Balaban J connectivity index is 1.56. The number of phenolic OH excluding ortho intramolecular Hbond substituents is 2. The van der Waals surface area contributed by atoms with E-state index in [4.69, 9.17) is 0 Å². The van der Waals surface area contributed by atoms with Gasteiger partial charge in [0.2, 0.25) is 0 Å². The Labute approximate surface area is 183 Å². The number of rotatable bonds is 4. The Morgan fingerprint density at radius 2 is 0.875 bits per heavy atom. The molecule has 0 amide bonds. The minimum atomic E-state index is -0.245. The zero-order valence-corrected chi connectivity index (χ0v) is 16.8. The summed E-state index contributed by atoms with van der Waals surface area (Å²) in [5.74, 6) is -0.212. The zero-order chi connectivity index (χ0) is 22.2. The number of hydrogen-bond acceptors (Lipinski definition) is 6. The maximum atomic E-state index is 13.5. The summed E-state index contributed by atoms with van der Waals surface area (Å²) in [6.07, 6.45) is 0. The third kappa shape index (κ3) is 3.33. The second kappa shape index (κ2) is 7.59. The lowest BCUT2D eigenvalue weighted by Crippen LogP contribution is -2.23. The summed E-state index contributed by atoms with van der Waals surface area (Å²) in [6.45, 7) is 0. The molecule has 0 saturated carbocycles. The molecule has 0 aliphatic heterocycles. The van der Waals surface area contributed by atoms with Crippen molar-refractivity contribution >= 4 is 34.3 Å². The Hall–Kier alpha value is -4.58. The van der Waals surface area contributed by atoms with Crippen LogP contribution in [0.3, 0.4) is 0 Å². The Morgan fingerprint density at radius 3 is 1.25 bits per heavy atom. The highest BCUT2D eigenvalue weighted by molar-refractivity contribution is 6.32. The van der Waals surface area contributed by atoms with Gasteiger partial charge >= 0.3 is 0 Å². The molecule has 6 heteroatoms. The van der Waals surface area contributed by atoms with Crippen molar-refractivity contribution in [2.24, 2.45) is 0 Å². The number of phenols is 2. The van der Waals surface area contributed by atoms with Crippen LogP contribution in [-0.4, -0.2) is 21.8 Å². The van der Waals surface area contributed by atoms with Gasteiger partial charge in [-0.3, -0.25) is 9.59 Å². The van der Waals surface area contributed by atoms with Crippen molar-refractivity contribution in [2.45, 2.75) is 0 Å². The number of fused-ring (bicyclic) bond motifs is 2. The molecule has 5 rings (SSSR count). The first kappa shape index (κ1) is 19.4. The molecule has 0 saturated heterocycles. The van der Waals surface area contributed by atoms with Gasteiger partial charge in [-0.05, 0) is 60.7 Å². The molecule has 0 atom stereocenters. The van der Waals surface area contributed by atoms with Crippen LogP contribution in [0.2, 0.25) is 0 Å². The Bertz CT molecular complexity index is 1250. The molecular weight excluding hydrogens is 404 g/mol. The standard InChI is InChI=1S/C26H18N2O4/c29-17-11-7-15(8-12-17)27-21-5-1-3-19-23(21)26(32)20-4-2-6-22(24(20)25(19)31)28-16-9-13-18(30)14-10-16/h1-14,27-30H. The molecule has 4 aromatic rings. The SMILES string of the molecule is O=C1c2cccc(Nc3ccc(O)cc3)c2C(=O)c2cccc(Nc3ccc(O)cc3)c21. The third-order valence-electron chi connectivity index (χ3n) is 5.36. The first-order valence-corrected chi connectivity index (χ1v) is 9.99. The molecule has 32 heavy (non-hydrogen) atoms. The Morgan fingerprint density at radius 1 is 0.500 bits per heavy atom. The van der Waals surface area contributed by atoms with Gasteiger partial charge in [-0.15, -0.1) is 0 Å². The summed E-state index contributed by atoms with van der Waals surface area (Å²) in [4.78, 5) is 26.9.